The number of aromatic nitrogens is 2. The smallest absolute Gasteiger partial charge is 0.276 e. The second-order valence-electron chi connectivity index (χ2n) is 6.80. The van der Waals surface area contributed by atoms with Crippen LogP contribution in [0.1, 0.15) is 58.2 Å². The van der Waals surface area contributed by atoms with Gasteiger partial charge in [0.1, 0.15) is 0 Å². The Bertz CT molecular complexity index is 742. The van der Waals surface area contributed by atoms with E-state index in [1.165, 1.54) is 28.8 Å². The van der Waals surface area contributed by atoms with Crippen molar-refractivity contribution in [3.05, 3.63) is 34.0 Å². The number of carbonyl (C=O) groups excluding carboxylic acids is 1. The van der Waals surface area contributed by atoms with E-state index in [0.717, 1.165) is 43.8 Å². The summed E-state index contributed by atoms with van der Waals surface area (Å²) in [4.78, 5) is 14.0. The fourth-order valence-electron chi connectivity index (χ4n) is 3.73. The van der Waals surface area contributed by atoms with E-state index in [4.69, 9.17) is 0 Å². The van der Waals surface area contributed by atoms with E-state index < -0.39 is 0 Å². The second-order valence-corrected chi connectivity index (χ2v) is 7.91. The van der Waals surface area contributed by atoms with Gasteiger partial charge in [0.25, 0.3) is 5.91 Å². The van der Waals surface area contributed by atoms with Crippen LogP contribution >= 0.6 is 11.3 Å². The van der Waals surface area contributed by atoms with Crippen LogP contribution < -0.4 is 10.6 Å². The third-order valence-electron chi connectivity index (χ3n) is 5.15. The molecule has 1 saturated heterocycles. The zero-order chi connectivity index (χ0) is 16.5. The molecule has 128 valence electrons. The number of hydrogen-bond donors (Lipinski definition) is 2. The van der Waals surface area contributed by atoms with Crippen LogP contribution in [0.5, 0.6) is 0 Å². The van der Waals surface area contributed by atoms with Crippen LogP contribution in [0.4, 0.5) is 5.00 Å². The number of nitrogens with one attached hydrogen (secondary N) is 2. The monoisotopic (exact) mass is 344 g/mol. The zero-order valence-electron chi connectivity index (χ0n) is 14.1. The predicted octanol–water partition coefficient (Wildman–Crippen LogP) is 3.31. The first-order valence-electron chi connectivity index (χ1n) is 8.91. The highest BCUT2D eigenvalue weighted by Crippen LogP contribution is 2.37. The van der Waals surface area contributed by atoms with Gasteiger partial charge in [-0.05, 0) is 69.2 Å². The molecule has 2 N–H and O–H groups in total. The van der Waals surface area contributed by atoms with Gasteiger partial charge in [0.05, 0.1) is 11.0 Å². The lowest BCUT2D eigenvalue weighted by Crippen LogP contribution is -2.32. The SMILES string of the molecule is Cc1c(NC(=O)c2ccn(C3CCCNC3)n2)sc2c1CCCC2. The predicted molar refractivity (Wildman–Crippen MR) is 97.0 cm³/mol. The average molecular weight is 344 g/mol. The molecule has 3 heterocycles. The molecule has 0 radical (unpaired) electrons. The molecular weight excluding hydrogens is 320 g/mol. The van der Waals surface area contributed by atoms with Crippen molar-refractivity contribution in [2.24, 2.45) is 0 Å². The van der Waals surface area contributed by atoms with Gasteiger partial charge in [0, 0.05) is 17.6 Å². The third-order valence-corrected chi connectivity index (χ3v) is 6.46. The van der Waals surface area contributed by atoms with Gasteiger partial charge in [0.2, 0.25) is 0 Å². The van der Waals surface area contributed by atoms with E-state index >= 15 is 0 Å². The van der Waals surface area contributed by atoms with Crippen molar-refractivity contribution in [3.8, 4) is 0 Å². The number of piperidine rings is 1. The van der Waals surface area contributed by atoms with Crippen LogP contribution in [0.15, 0.2) is 12.3 Å². The Labute approximate surface area is 146 Å². The number of fused-ring (bicyclic) bond motifs is 1. The lowest BCUT2D eigenvalue weighted by molar-refractivity contribution is 0.102. The molecule has 1 aliphatic heterocycles. The Kier molecular flexibility index (Phi) is 4.41. The number of amides is 1. The van der Waals surface area contributed by atoms with E-state index in [1.54, 1.807) is 11.3 Å². The second kappa shape index (κ2) is 6.69. The molecule has 2 aliphatic rings. The van der Waals surface area contributed by atoms with Gasteiger partial charge in [0.15, 0.2) is 5.69 Å². The first kappa shape index (κ1) is 15.8. The maximum atomic E-state index is 12.6. The molecule has 2 aromatic rings. The molecule has 4 rings (SSSR count). The third kappa shape index (κ3) is 3.00. The van der Waals surface area contributed by atoms with Crippen molar-refractivity contribution < 1.29 is 4.79 Å². The minimum absolute atomic E-state index is 0.0979. The average Bonchev–Trinajstić information content (AvgIpc) is 3.22. The molecule has 2 aromatic heterocycles. The quantitative estimate of drug-likeness (QED) is 0.898. The van der Waals surface area contributed by atoms with Gasteiger partial charge in [-0.15, -0.1) is 11.3 Å². The summed E-state index contributed by atoms with van der Waals surface area (Å²) in [5, 5.41) is 12.0. The van der Waals surface area contributed by atoms with Gasteiger partial charge >= 0.3 is 0 Å². The number of nitrogens with zero attached hydrogens (tertiary/aromatic N) is 2. The first-order chi connectivity index (χ1) is 11.7. The molecule has 1 amide bonds. The van der Waals surface area contributed by atoms with Crippen LogP contribution in [0.3, 0.4) is 0 Å². The number of aryl methyl sites for hydroxylation is 1. The standard InChI is InChI=1S/C18H24N4OS/c1-12-14-6-2-3-7-16(14)24-18(12)20-17(23)15-8-10-22(21-15)13-5-4-9-19-11-13/h8,10,13,19H,2-7,9,11H2,1H3,(H,20,23). The van der Waals surface area contributed by atoms with Crippen LogP contribution in [-0.4, -0.2) is 28.8 Å². The molecule has 6 heteroatoms. The zero-order valence-corrected chi connectivity index (χ0v) is 14.9. The molecule has 5 nitrogen and oxygen atoms in total. The molecule has 1 atom stereocenters. The maximum absolute atomic E-state index is 12.6. The maximum Gasteiger partial charge on any atom is 0.276 e. The molecule has 1 fully saturated rings. The van der Waals surface area contributed by atoms with Gasteiger partial charge in [-0.3, -0.25) is 9.48 Å². The van der Waals surface area contributed by atoms with Crippen molar-refractivity contribution in [1.29, 1.82) is 0 Å². The lowest BCUT2D eigenvalue weighted by Gasteiger charge is -2.22. The van der Waals surface area contributed by atoms with Crippen molar-refractivity contribution >= 4 is 22.2 Å². The highest BCUT2D eigenvalue weighted by atomic mass is 32.1. The Balaban J connectivity index is 1.48. The number of hydrogen-bond acceptors (Lipinski definition) is 4. The number of thiophene rings is 1. The van der Waals surface area contributed by atoms with Crippen molar-refractivity contribution in [3.63, 3.8) is 0 Å². The molecule has 0 bridgehead atoms. The van der Waals surface area contributed by atoms with E-state index in [-0.39, 0.29) is 5.91 Å². The summed E-state index contributed by atoms with van der Waals surface area (Å²) < 4.78 is 1.94. The fourth-order valence-corrected chi connectivity index (χ4v) is 5.02. The topological polar surface area (TPSA) is 59.0 Å². The number of anilines is 1. The minimum Gasteiger partial charge on any atom is -0.315 e. The number of carbonyl (C=O) groups is 1. The molecule has 1 unspecified atom stereocenters. The Hall–Kier alpha value is -1.66. The van der Waals surface area contributed by atoms with Crippen LogP contribution in [-0.2, 0) is 12.8 Å². The summed E-state index contributed by atoms with van der Waals surface area (Å²) in [6, 6.07) is 2.18. The van der Waals surface area contributed by atoms with Gasteiger partial charge in [-0.1, -0.05) is 0 Å². The summed E-state index contributed by atoms with van der Waals surface area (Å²) in [6.07, 6.45) is 9.03. The summed E-state index contributed by atoms with van der Waals surface area (Å²) in [6.45, 7) is 4.13. The van der Waals surface area contributed by atoms with E-state index in [1.807, 2.05) is 16.9 Å². The van der Waals surface area contributed by atoms with E-state index in [0.29, 0.717) is 11.7 Å². The van der Waals surface area contributed by atoms with Gasteiger partial charge < -0.3 is 10.6 Å². The first-order valence-corrected chi connectivity index (χ1v) is 9.72. The van der Waals surface area contributed by atoms with E-state index in [9.17, 15) is 4.79 Å². The van der Waals surface area contributed by atoms with Crippen LogP contribution in [0.2, 0.25) is 0 Å². The van der Waals surface area contributed by atoms with Gasteiger partial charge in [-0.25, -0.2) is 0 Å². The normalized spacial score (nSPS) is 20.6. The summed E-state index contributed by atoms with van der Waals surface area (Å²) in [5.41, 5.74) is 3.21. The number of rotatable bonds is 3. The summed E-state index contributed by atoms with van der Waals surface area (Å²) in [7, 11) is 0. The molecular formula is C18H24N4OS. The highest BCUT2D eigenvalue weighted by Gasteiger charge is 2.21. The molecule has 0 spiro atoms. The Morgan fingerprint density at radius 3 is 3.04 bits per heavy atom. The molecule has 0 saturated carbocycles. The molecule has 1 aliphatic carbocycles. The Morgan fingerprint density at radius 1 is 1.38 bits per heavy atom. The van der Waals surface area contributed by atoms with E-state index in [2.05, 4.69) is 22.7 Å². The largest absolute Gasteiger partial charge is 0.315 e. The highest BCUT2D eigenvalue weighted by molar-refractivity contribution is 7.16. The van der Waals surface area contributed by atoms with Crippen LogP contribution in [0.25, 0.3) is 0 Å². The fraction of sp³-hybridized carbons (Fsp3) is 0.556. The van der Waals surface area contributed by atoms with Crippen molar-refractivity contribution in [2.45, 2.75) is 51.5 Å². The van der Waals surface area contributed by atoms with Gasteiger partial charge in [-0.2, -0.15) is 5.10 Å². The molecule has 0 aromatic carbocycles. The van der Waals surface area contributed by atoms with Crippen molar-refractivity contribution in [2.75, 3.05) is 18.4 Å². The molecule has 24 heavy (non-hydrogen) atoms. The minimum atomic E-state index is -0.0979. The Morgan fingerprint density at radius 2 is 2.25 bits per heavy atom. The van der Waals surface area contributed by atoms with Crippen molar-refractivity contribution in [1.82, 2.24) is 15.1 Å². The van der Waals surface area contributed by atoms with Crippen LogP contribution in [0, 0.1) is 6.92 Å². The summed E-state index contributed by atoms with van der Waals surface area (Å²) >= 11 is 1.74. The summed E-state index contributed by atoms with van der Waals surface area (Å²) in [5.74, 6) is -0.0979. The lowest BCUT2D eigenvalue weighted by atomic mass is 9.96.